The second-order valence-corrected chi connectivity index (χ2v) is 4.35. The Morgan fingerprint density at radius 3 is 2.62 bits per heavy atom. The lowest BCUT2D eigenvalue weighted by molar-refractivity contribution is -0.384. The molecule has 0 radical (unpaired) electrons. The first-order valence-electron chi connectivity index (χ1n) is 6.20. The van der Waals surface area contributed by atoms with Crippen LogP contribution in [0.1, 0.15) is 5.56 Å². The largest absolute Gasteiger partial charge is 0.480 e. The highest BCUT2D eigenvalue weighted by Gasteiger charge is 2.23. The average molecular weight is 287 g/mol. The molecule has 0 spiro atoms. The molecule has 0 fully saturated rings. The van der Waals surface area contributed by atoms with Crippen LogP contribution < -0.4 is 5.32 Å². The molecule has 108 valence electrons. The van der Waals surface area contributed by atoms with Crippen LogP contribution in [0.4, 0.5) is 11.5 Å². The van der Waals surface area contributed by atoms with Crippen molar-refractivity contribution >= 4 is 17.5 Å². The van der Waals surface area contributed by atoms with Crippen molar-refractivity contribution in [1.29, 1.82) is 0 Å². The van der Waals surface area contributed by atoms with E-state index in [9.17, 15) is 20.0 Å². The van der Waals surface area contributed by atoms with Crippen LogP contribution in [0.25, 0.3) is 0 Å². The summed E-state index contributed by atoms with van der Waals surface area (Å²) in [5.41, 5.74) is 0.563. The van der Waals surface area contributed by atoms with Crippen molar-refractivity contribution in [3.05, 3.63) is 64.3 Å². The van der Waals surface area contributed by atoms with Crippen molar-refractivity contribution in [2.45, 2.75) is 12.5 Å². The number of benzene rings is 1. The van der Waals surface area contributed by atoms with Crippen LogP contribution in [0, 0.1) is 10.1 Å². The summed E-state index contributed by atoms with van der Waals surface area (Å²) in [5, 5.41) is 22.8. The quantitative estimate of drug-likeness (QED) is 0.622. The Labute approximate surface area is 120 Å². The second kappa shape index (κ2) is 6.47. The molecule has 0 aliphatic heterocycles. The third-order valence-electron chi connectivity index (χ3n) is 2.87. The maximum atomic E-state index is 11.3. The molecule has 0 aliphatic carbocycles. The number of rotatable bonds is 6. The molecule has 7 nitrogen and oxygen atoms in total. The molecule has 1 aromatic heterocycles. The Bertz CT molecular complexity index is 646. The lowest BCUT2D eigenvalue weighted by Crippen LogP contribution is -2.32. The van der Waals surface area contributed by atoms with E-state index in [0.29, 0.717) is 0 Å². The number of nitro groups is 1. The van der Waals surface area contributed by atoms with Gasteiger partial charge in [0.2, 0.25) is 5.82 Å². The first-order valence-corrected chi connectivity index (χ1v) is 6.20. The van der Waals surface area contributed by atoms with E-state index < -0.39 is 16.9 Å². The van der Waals surface area contributed by atoms with E-state index in [1.807, 2.05) is 6.07 Å². The molecule has 0 saturated carbocycles. The van der Waals surface area contributed by atoms with Crippen LogP contribution in [0.2, 0.25) is 0 Å². The van der Waals surface area contributed by atoms with Gasteiger partial charge in [0.25, 0.3) is 0 Å². The maximum Gasteiger partial charge on any atom is 0.326 e. The molecular formula is C14H13N3O4. The second-order valence-electron chi connectivity index (χ2n) is 4.35. The Morgan fingerprint density at radius 2 is 2.00 bits per heavy atom. The van der Waals surface area contributed by atoms with E-state index >= 15 is 0 Å². The molecule has 0 bridgehead atoms. The van der Waals surface area contributed by atoms with E-state index in [0.717, 1.165) is 5.56 Å². The highest BCUT2D eigenvalue weighted by atomic mass is 16.6. The summed E-state index contributed by atoms with van der Waals surface area (Å²) in [7, 11) is 0. The minimum atomic E-state index is -1.10. The predicted octanol–water partition coefficient (Wildman–Crippen LogP) is 2.10. The van der Waals surface area contributed by atoms with Crippen molar-refractivity contribution in [1.82, 2.24) is 4.98 Å². The molecule has 0 unspecified atom stereocenters. The minimum Gasteiger partial charge on any atom is -0.480 e. The predicted molar refractivity (Wildman–Crippen MR) is 76.1 cm³/mol. The first kappa shape index (κ1) is 14.4. The Kier molecular flexibility index (Phi) is 4.45. The molecule has 0 amide bonds. The van der Waals surface area contributed by atoms with E-state index in [1.54, 1.807) is 24.3 Å². The minimum absolute atomic E-state index is 0.0502. The molecule has 1 aromatic carbocycles. The fraction of sp³-hybridized carbons (Fsp3) is 0.143. The number of aliphatic carboxylic acids is 1. The highest BCUT2D eigenvalue weighted by Crippen LogP contribution is 2.21. The Hall–Kier alpha value is -2.96. The Morgan fingerprint density at radius 1 is 1.29 bits per heavy atom. The summed E-state index contributed by atoms with van der Waals surface area (Å²) in [6, 6.07) is 10.7. The van der Waals surface area contributed by atoms with Gasteiger partial charge in [-0.05, 0) is 11.6 Å². The summed E-state index contributed by atoms with van der Waals surface area (Å²) < 4.78 is 0. The number of hydrogen-bond donors (Lipinski definition) is 2. The number of carboxylic acid groups (broad SMARTS) is 1. The van der Waals surface area contributed by atoms with Crippen LogP contribution in [0.3, 0.4) is 0 Å². The van der Waals surface area contributed by atoms with Crippen molar-refractivity contribution in [2.75, 3.05) is 5.32 Å². The zero-order chi connectivity index (χ0) is 15.2. The normalized spacial score (nSPS) is 11.6. The number of carboxylic acids is 1. The maximum absolute atomic E-state index is 11.3. The standard InChI is InChI=1S/C14H13N3O4/c18-14(19)11(9-10-5-2-1-3-6-10)16-13-12(17(20)21)7-4-8-15-13/h1-8,11H,9H2,(H,15,16)(H,18,19)/t11-/m0/s1. The molecule has 7 heteroatoms. The van der Waals surface area contributed by atoms with Gasteiger partial charge in [0.1, 0.15) is 6.04 Å². The molecule has 21 heavy (non-hydrogen) atoms. The fourth-order valence-electron chi connectivity index (χ4n) is 1.87. The third-order valence-corrected chi connectivity index (χ3v) is 2.87. The van der Waals surface area contributed by atoms with Gasteiger partial charge in [0.05, 0.1) is 4.92 Å². The van der Waals surface area contributed by atoms with Crippen LogP contribution in [-0.4, -0.2) is 27.0 Å². The summed E-state index contributed by atoms with van der Waals surface area (Å²) in [6.45, 7) is 0. The molecule has 0 aliphatic rings. The van der Waals surface area contributed by atoms with Gasteiger partial charge in [0.15, 0.2) is 0 Å². The summed E-state index contributed by atoms with van der Waals surface area (Å²) in [6.07, 6.45) is 1.57. The zero-order valence-electron chi connectivity index (χ0n) is 11.0. The molecule has 0 saturated heterocycles. The van der Waals surface area contributed by atoms with Gasteiger partial charge in [-0.1, -0.05) is 30.3 Å². The lowest BCUT2D eigenvalue weighted by Gasteiger charge is -2.15. The van der Waals surface area contributed by atoms with Crippen molar-refractivity contribution in [3.63, 3.8) is 0 Å². The number of nitrogens with one attached hydrogen (secondary N) is 1. The van der Waals surface area contributed by atoms with Gasteiger partial charge in [-0.15, -0.1) is 0 Å². The summed E-state index contributed by atoms with van der Waals surface area (Å²) in [4.78, 5) is 25.5. The smallest absolute Gasteiger partial charge is 0.326 e. The number of anilines is 1. The van der Waals surface area contributed by atoms with Crippen LogP contribution in [0.5, 0.6) is 0 Å². The number of nitrogens with zero attached hydrogens (tertiary/aromatic N) is 2. The molecule has 1 atom stereocenters. The lowest BCUT2D eigenvalue weighted by atomic mass is 10.1. The van der Waals surface area contributed by atoms with E-state index in [2.05, 4.69) is 10.3 Å². The van der Waals surface area contributed by atoms with Crippen LogP contribution >= 0.6 is 0 Å². The van der Waals surface area contributed by atoms with Crippen molar-refractivity contribution in [3.8, 4) is 0 Å². The van der Waals surface area contributed by atoms with E-state index in [1.165, 1.54) is 18.3 Å². The molecule has 2 aromatic rings. The van der Waals surface area contributed by atoms with Crippen LogP contribution in [-0.2, 0) is 11.2 Å². The summed E-state index contributed by atoms with van der Waals surface area (Å²) in [5.74, 6) is -1.15. The highest BCUT2D eigenvalue weighted by molar-refractivity contribution is 5.78. The van der Waals surface area contributed by atoms with E-state index in [-0.39, 0.29) is 17.9 Å². The van der Waals surface area contributed by atoms with Gasteiger partial charge >= 0.3 is 11.7 Å². The number of pyridine rings is 1. The SMILES string of the molecule is O=C(O)[C@H](Cc1ccccc1)Nc1ncccc1[N+](=O)[O-]. The number of carbonyl (C=O) groups is 1. The Balaban J connectivity index is 2.21. The summed E-state index contributed by atoms with van der Waals surface area (Å²) >= 11 is 0. The molecule has 2 N–H and O–H groups in total. The monoisotopic (exact) mass is 287 g/mol. The molecule has 1 heterocycles. The first-order chi connectivity index (χ1) is 10.1. The van der Waals surface area contributed by atoms with Crippen molar-refractivity contribution < 1.29 is 14.8 Å². The molecular weight excluding hydrogens is 274 g/mol. The van der Waals surface area contributed by atoms with Gasteiger partial charge in [-0.2, -0.15) is 0 Å². The van der Waals surface area contributed by atoms with Crippen molar-refractivity contribution in [2.24, 2.45) is 0 Å². The number of hydrogen-bond acceptors (Lipinski definition) is 5. The topological polar surface area (TPSA) is 105 Å². The zero-order valence-corrected chi connectivity index (χ0v) is 11.0. The van der Waals surface area contributed by atoms with Crippen LogP contribution in [0.15, 0.2) is 48.7 Å². The third kappa shape index (κ3) is 3.75. The van der Waals surface area contributed by atoms with Gasteiger partial charge in [0, 0.05) is 18.7 Å². The van der Waals surface area contributed by atoms with E-state index in [4.69, 9.17) is 0 Å². The molecule has 2 rings (SSSR count). The fourth-order valence-corrected chi connectivity index (χ4v) is 1.87. The van der Waals surface area contributed by atoms with Gasteiger partial charge in [-0.25, -0.2) is 9.78 Å². The average Bonchev–Trinajstić information content (AvgIpc) is 2.48. The van der Waals surface area contributed by atoms with Gasteiger partial charge < -0.3 is 10.4 Å². The van der Waals surface area contributed by atoms with Gasteiger partial charge in [-0.3, -0.25) is 10.1 Å². The number of aromatic nitrogens is 1.